The van der Waals surface area contributed by atoms with E-state index in [-0.39, 0.29) is 0 Å². The number of hydrogen-bond acceptors (Lipinski definition) is 4. The van der Waals surface area contributed by atoms with Crippen molar-refractivity contribution in [1.29, 1.82) is 0 Å². The van der Waals surface area contributed by atoms with Gasteiger partial charge in [0.1, 0.15) is 11.3 Å². The number of alkyl halides is 1. The van der Waals surface area contributed by atoms with Crippen LogP contribution in [0.4, 0.5) is 5.82 Å². The molecule has 1 aliphatic heterocycles. The van der Waals surface area contributed by atoms with Gasteiger partial charge in [0, 0.05) is 30.3 Å². The summed E-state index contributed by atoms with van der Waals surface area (Å²) in [7, 11) is 0. The van der Waals surface area contributed by atoms with Crippen molar-refractivity contribution in [2.24, 2.45) is 0 Å². The zero-order valence-corrected chi connectivity index (χ0v) is 11.0. The Morgan fingerprint density at radius 1 is 1.29 bits per heavy atom. The number of pyridine rings is 1. The summed E-state index contributed by atoms with van der Waals surface area (Å²) in [6.07, 6.45) is 5.84. The van der Waals surface area contributed by atoms with Crippen LogP contribution in [-0.2, 0) is 0 Å². The lowest BCUT2D eigenvalue weighted by Crippen LogP contribution is -2.31. The monoisotopic (exact) mass is 292 g/mol. The van der Waals surface area contributed by atoms with Crippen LogP contribution in [0, 0.1) is 0 Å². The van der Waals surface area contributed by atoms with Gasteiger partial charge in [0.15, 0.2) is 5.65 Å². The van der Waals surface area contributed by atoms with Crippen LogP contribution in [0.2, 0.25) is 0 Å². The fourth-order valence-electron chi connectivity index (χ4n) is 2.30. The van der Waals surface area contributed by atoms with E-state index in [0.717, 1.165) is 28.9 Å². The molecule has 2 aromatic heterocycles. The second kappa shape index (κ2) is 4.56. The van der Waals surface area contributed by atoms with Crippen LogP contribution in [0.1, 0.15) is 12.8 Å². The molecule has 1 fully saturated rings. The summed E-state index contributed by atoms with van der Waals surface area (Å²) in [6, 6.07) is 4.59. The molecular formula is C12H13BrN4. The second-order valence-corrected chi connectivity index (χ2v) is 4.86. The smallest absolute Gasteiger partial charge is 0.180 e. The van der Waals surface area contributed by atoms with Gasteiger partial charge in [-0.1, -0.05) is 15.9 Å². The first-order valence-corrected chi connectivity index (χ1v) is 6.91. The van der Waals surface area contributed by atoms with Gasteiger partial charge < -0.3 is 4.90 Å². The van der Waals surface area contributed by atoms with Crippen molar-refractivity contribution in [2.75, 3.05) is 16.8 Å². The van der Waals surface area contributed by atoms with E-state index in [1.807, 2.05) is 12.1 Å². The van der Waals surface area contributed by atoms with Crippen LogP contribution in [0.25, 0.3) is 11.2 Å². The average Bonchev–Trinajstić information content (AvgIpc) is 2.86. The molecule has 0 saturated carbocycles. The minimum Gasteiger partial charge on any atom is -0.353 e. The minimum atomic E-state index is 0.552. The molecule has 0 aromatic carbocycles. The average molecular weight is 293 g/mol. The molecule has 0 radical (unpaired) electrons. The van der Waals surface area contributed by atoms with Crippen LogP contribution >= 0.6 is 15.9 Å². The van der Waals surface area contributed by atoms with E-state index >= 15 is 0 Å². The van der Waals surface area contributed by atoms with Crippen LogP contribution in [0.3, 0.4) is 0 Å². The summed E-state index contributed by atoms with van der Waals surface area (Å²) in [5.41, 5.74) is 1.58. The Bertz CT molecular complexity index is 531. The van der Waals surface area contributed by atoms with Gasteiger partial charge in [0.25, 0.3) is 0 Å². The molecule has 0 spiro atoms. The number of nitrogens with zero attached hydrogens (tertiary/aromatic N) is 4. The van der Waals surface area contributed by atoms with E-state index < -0.39 is 0 Å². The standard InChI is InChI=1S/C12H13BrN4/c13-8-9-2-1-7-17(9)11-4-3-10-12(16-11)15-6-5-14-10/h3-6,9H,1-2,7-8H2. The van der Waals surface area contributed by atoms with Gasteiger partial charge in [-0.3, -0.25) is 4.98 Å². The Morgan fingerprint density at radius 3 is 3.06 bits per heavy atom. The SMILES string of the molecule is BrCC1CCCN1c1ccc2nccnc2n1. The molecule has 3 heterocycles. The molecular weight excluding hydrogens is 280 g/mol. The topological polar surface area (TPSA) is 41.9 Å². The molecule has 1 atom stereocenters. The Kier molecular flexibility index (Phi) is 2.93. The van der Waals surface area contributed by atoms with Gasteiger partial charge in [-0.25, -0.2) is 9.97 Å². The second-order valence-electron chi connectivity index (χ2n) is 4.21. The lowest BCUT2D eigenvalue weighted by Gasteiger charge is -2.24. The molecule has 1 unspecified atom stereocenters. The normalized spacial score (nSPS) is 20.1. The predicted octanol–water partition coefficient (Wildman–Crippen LogP) is 2.39. The van der Waals surface area contributed by atoms with Crippen molar-refractivity contribution >= 4 is 32.9 Å². The van der Waals surface area contributed by atoms with E-state index in [2.05, 4.69) is 35.8 Å². The Morgan fingerprint density at radius 2 is 2.18 bits per heavy atom. The number of fused-ring (bicyclic) bond motifs is 1. The summed E-state index contributed by atoms with van der Waals surface area (Å²) in [5, 5.41) is 0.993. The molecule has 5 heteroatoms. The third kappa shape index (κ3) is 1.99. The van der Waals surface area contributed by atoms with E-state index in [0.29, 0.717) is 6.04 Å². The molecule has 0 aliphatic carbocycles. The van der Waals surface area contributed by atoms with Gasteiger partial charge in [0.2, 0.25) is 0 Å². The zero-order chi connectivity index (χ0) is 11.7. The summed E-state index contributed by atoms with van der Waals surface area (Å²) in [6.45, 7) is 1.08. The molecule has 3 rings (SSSR count). The molecule has 2 aromatic rings. The molecule has 1 aliphatic rings. The lowest BCUT2D eigenvalue weighted by atomic mass is 10.2. The van der Waals surface area contributed by atoms with Gasteiger partial charge >= 0.3 is 0 Å². The van der Waals surface area contributed by atoms with E-state index in [1.165, 1.54) is 12.8 Å². The predicted molar refractivity (Wildman–Crippen MR) is 71.5 cm³/mol. The van der Waals surface area contributed by atoms with Crippen molar-refractivity contribution in [3.63, 3.8) is 0 Å². The maximum absolute atomic E-state index is 4.59. The van der Waals surface area contributed by atoms with Crippen molar-refractivity contribution in [3.05, 3.63) is 24.5 Å². The minimum absolute atomic E-state index is 0.552. The van der Waals surface area contributed by atoms with Crippen molar-refractivity contribution in [3.8, 4) is 0 Å². The first-order chi connectivity index (χ1) is 8.38. The highest BCUT2D eigenvalue weighted by molar-refractivity contribution is 9.09. The summed E-state index contributed by atoms with van der Waals surface area (Å²) in [5.74, 6) is 1.01. The Balaban J connectivity index is 2.00. The highest BCUT2D eigenvalue weighted by Gasteiger charge is 2.24. The molecule has 1 saturated heterocycles. The van der Waals surface area contributed by atoms with Crippen LogP contribution in [-0.4, -0.2) is 32.9 Å². The summed E-state index contributed by atoms with van der Waals surface area (Å²) in [4.78, 5) is 15.4. The lowest BCUT2D eigenvalue weighted by molar-refractivity contribution is 0.742. The highest BCUT2D eigenvalue weighted by Crippen LogP contribution is 2.25. The maximum Gasteiger partial charge on any atom is 0.180 e. The van der Waals surface area contributed by atoms with E-state index in [4.69, 9.17) is 0 Å². The summed E-state index contributed by atoms with van der Waals surface area (Å²) >= 11 is 3.57. The third-order valence-corrected chi connectivity index (χ3v) is 3.91. The van der Waals surface area contributed by atoms with Crippen LogP contribution in [0.15, 0.2) is 24.5 Å². The van der Waals surface area contributed by atoms with Gasteiger partial charge in [-0.05, 0) is 25.0 Å². The molecule has 88 valence electrons. The van der Waals surface area contributed by atoms with Gasteiger partial charge in [0.05, 0.1) is 0 Å². The first kappa shape index (κ1) is 10.9. The van der Waals surface area contributed by atoms with Gasteiger partial charge in [-0.15, -0.1) is 0 Å². The van der Waals surface area contributed by atoms with Gasteiger partial charge in [-0.2, -0.15) is 0 Å². The number of halogens is 1. The number of rotatable bonds is 2. The fraction of sp³-hybridized carbons (Fsp3) is 0.417. The quantitative estimate of drug-likeness (QED) is 0.797. The van der Waals surface area contributed by atoms with Crippen molar-refractivity contribution < 1.29 is 0 Å². The highest BCUT2D eigenvalue weighted by atomic mass is 79.9. The molecule has 4 nitrogen and oxygen atoms in total. The zero-order valence-electron chi connectivity index (χ0n) is 9.38. The van der Waals surface area contributed by atoms with Crippen LogP contribution < -0.4 is 4.90 Å². The Hall–Kier alpha value is -1.23. The molecule has 0 bridgehead atoms. The van der Waals surface area contributed by atoms with E-state index in [1.54, 1.807) is 12.4 Å². The largest absolute Gasteiger partial charge is 0.353 e. The van der Waals surface area contributed by atoms with Crippen LogP contribution in [0.5, 0.6) is 0 Å². The number of aromatic nitrogens is 3. The maximum atomic E-state index is 4.59. The molecule has 0 amide bonds. The molecule has 0 N–H and O–H groups in total. The van der Waals surface area contributed by atoms with Crippen molar-refractivity contribution in [2.45, 2.75) is 18.9 Å². The number of anilines is 1. The van der Waals surface area contributed by atoms with Crippen molar-refractivity contribution in [1.82, 2.24) is 15.0 Å². The Labute approximate surface area is 108 Å². The molecule has 17 heavy (non-hydrogen) atoms. The third-order valence-electron chi connectivity index (χ3n) is 3.17. The fourth-order valence-corrected chi connectivity index (χ4v) is 2.98. The first-order valence-electron chi connectivity index (χ1n) is 5.79. The number of hydrogen-bond donors (Lipinski definition) is 0. The van der Waals surface area contributed by atoms with E-state index in [9.17, 15) is 0 Å². The summed E-state index contributed by atoms with van der Waals surface area (Å²) < 4.78 is 0.